The van der Waals surface area contributed by atoms with Crippen LogP contribution in [0.3, 0.4) is 0 Å². The highest BCUT2D eigenvalue weighted by Gasteiger charge is 2.16. The molecule has 0 spiro atoms. The summed E-state index contributed by atoms with van der Waals surface area (Å²) in [5.41, 5.74) is 15.3. The third-order valence-electron chi connectivity index (χ3n) is 8.15. The molecule has 0 amide bonds. The van der Waals surface area contributed by atoms with Crippen molar-refractivity contribution in [1.82, 2.24) is 19.7 Å². The summed E-state index contributed by atoms with van der Waals surface area (Å²) < 4.78 is 39.7. The maximum Gasteiger partial charge on any atom is 0.286 e. The number of nitrogens with zero attached hydrogens (tertiary/aromatic N) is 6. The third kappa shape index (κ3) is 8.41. The molecule has 0 aliphatic rings. The summed E-state index contributed by atoms with van der Waals surface area (Å²) in [7, 11) is -0.129. The zero-order valence-electron chi connectivity index (χ0n) is 28.1. The summed E-state index contributed by atoms with van der Waals surface area (Å²) in [4.78, 5) is -0.178. The van der Waals surface area contributed by atoms with Gasteiger partial charge in [0.1, 0.15) is 22.5 Å². The number of thiocarbonyl (C=S) groups is 1. The standard InChI is InChI=1S/C31H27N8S.C7H8O3S/c1-36-27(21-38-17-5-3-7-29(36)38)25-13-9-23(10-14-25)19-32-34-31(40)35-33-20-24-11-15-26(16-12-24)28-22-39-18-6-4-8-30(39)37(28)2;1-6-2-4-7(5-3-6)11(8,9)10/h3-22H,1-2H3,(H-,34,35,40);2-5H,1H3,(H,8,9,10)/q+1;/b32-19+,33-20+;. The van der Waals surface area contributed by atoms with Gasteiger partial charge in [-0.2, -0.15) is 10.2 Å². The van der Waals surface area contributed by atoms with Gasteiger partial charge < -0.3 is 4.55 Å². The molecule has 256 valence electrons. The normalized spacial score (nSPS) is 11.6. The Bertz CT molecular complexity index is 2350. The molecule has 0 saturated heterocycles. The lowest BCUT2D eigenvalue weighted by Gasteiger charge is -2.05. The molecule has 4 aromatic heterocycles. The van der Waals surface area contributed by atoms with E-state index >= 15 is 0 Å². The summed E-state index contributed by atoms with van der Waals surface area (Å²) in [6.07, 6.45) is 11.8. The van der Waals surface area contributed by atoms with E-state index in [-0.39, 0.29) is 4.90 Å². The van der Waals surface area contributed by atoms with E-state index in [9.17, 15) is 13.0 Å². The van der Waals surface area contributed by atoms with E-state index in [1.165, 1.54) is 12.1 Å². The molecule has 0 aliphatic carbocycles. The SMILES string of the molecule is C[n+]1c(-c2ccc(/C=N/NC(=S)N/N=C/c3ccc(-c4cn5ccccc5[n+]4C)cc3)cc2)cn2ccccc21.Cc1ccc(S(=O)(=O)[O-])cc1. The van der Waals surface area contributed by atoms with E-state index in [1.54, 1.807) is 24.6 Å². The second-order valence-electron chi connectivity index (χ2n) is 11.7. The monoisotopic (exact) mass is 715 g/mol. The van der Waals surface area contributed by atoms with Crippen molar-refractivity contribution in [3.63, 3.8) is 0 Å². The number of benzene rings is 3. The van der Waals surface area contributed by atoms with Gasteiger partial charge in [0.15, 0.2) is 11.4 Å². The topological polar surface area (TPSA) is 123 Å². The number of aryl methyl sites for hydroxylation is 3. The first kappa shape index (κ1) is 34.8. The van der Waals surface area contributed by atoms with Crippen LogP contribution in [-0.4, -0.2) is 39.3 Å². The fourth-order valence-corrected chi connectivity index (χ4v) is 6.02. The van der Waals surface area contributed by atoms with E-state index in [0.717, 1.165) is 50.5 Å². The summed E-state index contributed by atoms with van der Waals surface area (Å²) in [6.45, 7) is 1.82. The smallest absolute Gasteiger partial charge is 0.286 e. The highest BCUT2D eigenvalue weighted by molar-refractivity contribution is 7.85. The van der Waals surface area contributed by atoms with Crippen LogP contribution in [0.2, 0.25) is 0 Å². The molecule has 0 fully saturated rings. The Balaban J connectivity index is 0.000000349. The second-order valence-corrected chi connectivity index (χ2v) is 13.4. The minimum Gasteiger partial charge on any atom is -0.744 e. The molecule has 11 nitrogen and oxygen atoms in total. The molecule has 7 rings (SSSR count). The van der Waals surface area contributed by atoms with Gasteiger partial charge in [-0.25, -0.2) is 26.4 Å². The average Bonchev–Trinajstić information content (AvgIpc) is 3.65. The molecule has 0 aliphatic heterocycles. The molecular formula is C38H35N8O3S2+. The Morgan fingerprint density at radius 2 is 1.12 bits per heavy atom. The predicted molar refractivity (Wildman–Crippen MR) is 201 cm³/mol. The molecule has 13 heteroatoms. The van der Waals surface area contributed by atoms with Gasteiger partial charge in [0, 0.05) is 23.3 Å². The van der Waals surface area contributed by atoms with Crippen LogP contribution in [0.25, 0.3) is 33.8 Å². The van der Waals surface area contributed by atoms with Gasteiger partial charge in [0.25, 0.3) is 11.3 Å². The Kier molecular flexibility index (Phi) is 10.4. The lowest BCUT2D eigenvalue weighted by molar-refractivity contribution is -0.633. The third-order valence-corrected chi connectivity index (χ3v) is 9.18. The van der Waals surface area contributed by atoms with Crippen molar-refractivity contribution >= 4 is 51.2 Å². The fourth-order valence-electron chi connectivity index (χ4n) is 5.44. The average molecular weight is 716 g/mol. The van der Waals surface area contributed by atoms with E-state index < -0.39 is 10.1 Å². The summed E-state index contributed by atoms with van der Waals surface area (Å²) in [5.74, 6) is 0. The molecule has 3 aromatic carbocycles. The number of rotatable bonds is 7. The van der Waals surface area contributed by atoms with Crippen molar-refractivity contribution in [2.45, 2.75) is 11.8 Å². The minimum absolute atomic E-state index is 0.178. The molecule has 7 aromatic rings. The number of hydrogen-bond acceptors (Lipinski definition) is 6. The second kappa shape index (κ2) is 15.3. The van der Waals surface area contributed by atoms with Crippen LogP contribution < -0.4 is 20.0 Å². The number of nitrogens with one attached hydrogen (secondary N) is 2. The minimum atomic E-state index is -4.27. The first-order valence-electron chi connectivity index (χ1n) is 15.8. The first-order chi connectivity index (χ1) is 24.6. The van der Waals surface area contributed by atoms with Gasteiger partial charge >= 0.3 is 0 Å². The first-order valence-corrected chi connectivity index (χ1v) is 17.7. The van der Waals surface area contributed by atoms with Crippen LogP contribution >= 0.6 is 12.2 Å². The lowest BCUT2D eigenvalue weighted by atomic mass is 10.1. The van der Waals surface area contributed by atoms with Gasteiger partial charge in [0.05, 0.1) is 43.8 Å². The summed E-state index contributed by atoms with van der Waals surface area (Å²) >= 11 is 5.29. The molecule has 0 bridgehead atoms. The van der Waals surface area contributed by atoms with Crippen molar-refractivity contribution < 1.29 is 22.1 Å². The zero-order chi connectivity index (χ0) is 36.0. The zero-order valence-corrected chi connectivity index (χ0v) is 29.7. The van der Waals surface area contributed by atoms with Gasteiger partial charge in [-0.15, -0.1) is 0 Å². The van der Waals surface area contributed by atoms with Crippen LogP contribution in [0.4, 0.5) is 0 Å². The molecule has 4 heterocycles. The Hall–Kier alpha value is -6.02. The number of imidazole rings is 2. The molecule has 0 unspecified atom stereocenters. The van der Waals surface area contributed by atoms with Gasteiger partial charge in [0.2, 0.25) is 5.11 Å². The van der Waals surface area contributed by atoms with Crippen molar-refractivity contribution in [3.8, 4) is 22.5 Å². The van der Waals surface area contributed by atoms with Crippen LogP contribution in [0.1, 0.15) is 16.7 Å². The number of aromatic nitrogens is 4. The maximum atomic E-state index is 10.4. The van der Waals surface area contributed by atoms with Crippen molar-refractivity contribution in [2.75, 3.05) is 0 Å². The largest absolute Gasteiger partial charge is 0.744 e. The lowest BCUT2D eigenvalue weighted by Crippen LogP contribution is -2.29. The molecular weight excluding hydrogens is 681 g/mol. The molecule has 2 N–H and O–H groups in total. The van der Waals surface area contributed by atoms with Crippen LogP contribution in [0, 0.1) is 6.92 Å². The van der Waals surface area contributed by atoms with Crippen LogP contribution in [0.15, 0.2) is 149 Å². The van der Waals surface area contributed by atoms with Crippen LogP contribution in [0.5, 0.6) is 0 Å². The van der Waals surface area contributed by atoms with Gasteiger partial charge in [-0.05, 0) is 78.8 Å². The Morgan fingerprint density at radius 1 is 0.686 bits per heavy atom. The van der Waals surface area contributed by atoms with E-state index in [2.05, 4.69) is 114 Å². The Labute approximate surface area is 301 Å². The quantitative estimate of drug-likeness (QED) is 0.0796. The number of pyridine rings is 2. The fraction of sp³-hybridized carbons (Fsp3) is 0.0789. The predicted octanol–water partition coefficient (Wildman–Crippen LogP) is 4.91. The van der Waals surface area contributed by atoms with E-state index in [1.807, 2.05) is 55.5 Å². The maximum absolute atomic E-state index is 10.4. The summed E-state index contributed by atoms with van der Waals surface area (Å²) in [5, 5.41) is 8.76. The number of fused-ring (bicyclic) bond motifs is 2. The highest BCUT2D eigenvalue weighted by atomic mass is 32.2. The molecule has 0 radical (unpaired) electrons. The van der Waals surface area contributed by atoms with Crippen LogP contribution in [-0.2, 0) is 24.2 Å². The number of hydrogen-bond donors (Lipinski definition) is 2. The van der Waals surface area contributed by atoms with Gasteiger partial charge in [-0.1, -0.05) is 54.1 Å². The molecule has 0 atom stereocenters. The molecule has 51 heavy (non-hydrogen) atoms. The molecule has 0 saturated carbocycles. The number of hydrazone groups is 2. The summed E-state index contributed by atoms with van der Waals surface area (Å²) in [6, 6.07) is 34.6. The Morgan fingerprint density at radius 3 is 1.51 bits per heavy atom. The van der Waals surface area contributed by atoms with E-state index in [0.29, 0.717) is 5.11 Å². The highest BCUT2D eigenvalue weighted by Crippen LogP contribution is 2.19. The van der Waals surface area contributed by atoms with Crippen molar-refractivity contribution in [3.05, 3.63) is 151 Å². The van der Waals surface area contributed by atoms with Crippen molar-refractivity contribution in [2.24, 2.45) is 24.3 Å². The van der Waals surface area contributed by atoms with Gasteiger partial charge in [-0.3, -0.25) is 10.9 Å². The van der Waals surface area contributed by atoms with Crippen molar-refractivity contribution in [1.29, 1.82) is 0 Å². The van der Waals surface area contributed by atoms with E-state index in [4.69, 9.17) is 12.2 Å².